The second kappa shape index (κ2) is 9.32. The van der Waals surface area contributed by atoms with Crippen LogP contribution < -0.4 is 14.2 Å². The molecule has 0 radical (unpaired) electrons. The number of methoxy groups -OCH3 is 2. The van der Waals surface area contributed by atoms with Gasteiger partial charge in [-0.3, -0.25) is 0 Å². The third kappa shape index (κ3) is 5.20. The van der Waals surface area contributed by atoms with E-state index in [-0.39, 0.29) is 0 Å². The molecular weight excluding hydrogens is 398 g/mol. The van der Waals surface area contributed by atoms with Crippen LogP contribution in [0.25, 0.3) is 0 Å². The summed E-state index contributed by atoms with van der Waals surface area (Å²) in [6, 6.07) is 20.1. The molecule has 3 rings (SSSR count). The van der Waals surface area contributed by atoms with Crippen molar-refractivity contribution in [1.29, 1.82) is 0 Å². The zero-order chi connectivity index (χ0) is 21.7. The van der Waals surface area contributed by atoms with Gasteiger partial charge in [0.05, 0.1) is 25.2 Å². The molecule has 0 heterocycles. The summed E-state index contributed by atoms with van der Waals surface area (Å²) >= 11 is 0. The molecule has 3 aromatic carbocycles. The standard InChI is InChI=1S/C24H27NO4S/c1-17-5-6-18(2)24(15-17)30(26,27)25-23(20-9-13-22(29-4)14-10-20)16-19-7-11-21(28-3)12-8-19/h5-15,23,25H,16H2,1-4H3. The second-order valence-electron chi connectivity index (χ2n) is 7.27. The summed E-state index contributed by atoms with van der Waals surface area (Å²) in [4.78, 5) is 0.302. The quantitative estimate of drug-likeness (QED) is 0.574. The summed E-state index contributed by atoms with van der Waals surface area (Å²) < 4.78 is 39.9. The summed E-state index contributed by atoms with van der Waals surface area (Å²) in [6.45, 7) is 3.69. The van der Waals surface area contributed by atoms with Gasteiger partial charge in [0.25, 0.3) is 0 Å². The van der Waals surface area contributed by atoms with Crippen LogP contribution in [-0.2, 0) is 16.4 Å². The Hall–Kier alpha value is -2.83. The van der Waals surface area contributed by atoms with E-state index in [1.807, 2.05) is 67.6 Å². The van der Waals surface area contributed by atoms with Gasteiger partial charge in [-0.1, -0.05) is 36.4 Å². The molecule has 0 aliphatic carbocycles. The molecule has 30 heavy (non-hydrogen) atoms. The van der Waals surface area contributed by atoms with Crippen LogP contribution >= 0.6 is 0 Å². The van der Waals surface area contributed by atoms with Crippen molar-refractivity contribution < 1.29 is 17.9 Å². The number of hydrogen-bond acceptors (Lipinski definition) is 4. The van der Waals surface area contributed by atoms with E-state index in [1.54, 1.807) is 27.2 Å². The first kappa shape index (κ1) is 21.9. The molecule has 0 spiro atoms. The Bertz CT molecular complexity index is 1090. The summed E-state index contributed by atoms with van der Waals surface area (Å²) in [6.07, 6.45) is 0.500. The third-order valence-corrected chi connectivity index (χ3v) is 6.66. The Morgan fingerprint density at radius 3 is 1.97 bits per heavy atom. The van der Waals surface area contributed by atoms with Crippen molar-refractivity contribution in [3.8, 4) is 11.5 Å². The smallest absolute Gasteiger partial charge is 0.241 e. The number of benzene rings is 3. The molecule has 3 aromatic rings. The normalized spacial score (nSPS) is 12.4. The van der Waals surface area contributed by atoms with E-state index < -0.39 is 16.1 Å². The lowest BCUT2D eigenvalue weighted by Gasteiger charge is -2.21. The van der Waals surface area contributed by atoms with Gasteiger partial charge in [-0.25, -0.2) is 13.1 Å². The van der Waals surface area contributed by atoms with E-state index in [2.05, 4.69) is 4.72 Å². The summed E-state index contributed by atoms with van der Waals surface area (Å²) in [5.41, 5.74) is 3.48. The average Bonchev–Trinajstić information content (AvgIpc) is 2.75. The predicted octanol–water partition coefficient (Wildman–Crippen LogP) is 4.58. The molecule has 0 saturated heterocycles. The lowest BCUT2D eigenvalue weighted by molar-refractivity contribution is 0.414. The molecule has 0 aromatic heterocycles. The molecule has 0 fully saturated rings. The largest absolute Gasteiger partial charge is 0.497 e. The minimum Gasteiger partial charge on any atom is -0.497 e. The maximum atomic E-state index is 13.2. The number of rotatable bonds is 8. The van der Waals surface area contributed by atoms with E-state index in [1.165, 1.54) is 0 Å². The van der Waals surface area contributed by atoms with Crippen molar-refractivity contribution in [2.24, 2.45) is 0 Å². The summed E-state index contributed by atoms with van der Waals surface area (Å²) in [5, 5.41) is 0. The van der Waals surface area contributed by atoms with Crippen LogP contribution in [0.5, 0.6) is 11.5 Å². The third-order valence-electron chi connectivity index (χ3n) is 5.05. The van der Waals surface area contributed by atoms with E-state index in [9.17, 15) is 8.42 Å². The topological polar surface area (TPSA) is 64.6 Å². The molecule has 0 amide bonds. The molecule has 5 nitrogen and oxygen atoms in total. The van der Waals surface area contributed by atoms with Gasteiger partial charge >= 0.3 is 0 Å². The van der Waals surface area contributed by atoms with Crippen LogP contribution in [0.15, 0.2) is 71.6 Å². The lowest BCUT2D eigenvalue weighted by Crippen LogP contribution is -2.30. The highest BCUT2D eigenvalue weighted by Crippen LogP contribution is 2.26. The lowest BCUT2D eigenvalue weighted by atomic mass is 9.99. The van der Waals surface area contributed by atoms with Gasteiger partial charge in [-0.05, 0) is 72.9 Å². The van der Waals surface area contributed by atoms with E-state index in [4.69, 9.17) is 9.47 Å². The molecule has 1 N–H and O–H groups in total. The van der Waals surface area contributed by atoms with Gasteiger partial charge in [0.15, 0.2) is 0 Å². The molecule has 158 valence electrons. The fourth-order valence-electron chi connectivity index (χ4n) is 3.31. The first-order chi connectivity index (χ1) is 14.3. The number of aryl methyl sites for hydroxylation is 2. The molecule has 1 unspecified atom stereocenters. The molecule has 6 heteroatoms. The molecule has 0 bridgehead atoms. The number of ether oxygens (including phenoxy) is 2. The first-order valence-electron chi connectivity index (χ1n) is 9.69. The van der Waals surface area contributed by atoms with Gasteiger partial charge < -0.3 is 9.47 Å². The Kier molecular flexibility index (Phi) is 6.80. The van der Waals surface area contributed by atoms with Crippen molar-refractivity contribution in [2.45, 2.75) is 31.2 Å². The first-order valence-corrected chi connectivity index (χ1v) is 11.2. The van der Waals surface area contributed by atoms with Crippen molar-refractivity contribution in [3.63, 3.8) is 0 Å². The highest BCUT2D eigenvalue weighted by Gasteiger charge is 2.23. The van der Waals surface area contributed by atoms with Crippen LogP contribution in [0, 0.1) is 13.8 Å². The highest BCUT2D eigenvalue weighted by molar-refractivity contribution is 7.89. The van der Waals surface area contributed by atoms with Crippen molar-refractivity contribution in [3.05, 3.63) is 89.0 Å². The van der Waals surface area contributed by atoms with E-state index in [0.29, 0.717) is 16.9 Å². The predicted molar refractivity (Wildman–Crippen MR) is 119 cm³/mol. The minimum atomic E-state index is -3.72. The molecule has 0 aliphatic heterocycles. The second-order valence-corrected chi connectivity index (χ2v) is 8.95. The zero-order valence-corrected chi connectivity index (χ0v) is 18.5. The molecule has 0 aliphatic rings. The Morgan fingerprint density at radius 2 is 1.40 bits per heavy atom. The Balaban J connectivity index is 1.95. The van der Waals surface area contributed by atoms with Gasteiger partial charge in [-0.15, -0.1) is 0 Å². The Morgan fingerprint density at radius 1 is 0.833 bits per heavy atom. The van der Waals surface area contributed by atoms with Crippen molar-refractivity contribution in [2.75, 3.05) is 14.2 Å². The molecule has 1 atom stereocenters. The fraction of sp³-hybridized carbons (Fsp3) is 0.250. The van der Waals surface area contributed by atoms with Crippen LogP contribution in [0.2, 0.25) is 0 Å². The van der Waals surface area contributed by atoms with Crippen LogP contribution in [-0.4, -0.2) is 22.6 Å². The molecule has 0 saturated carbocycles. The average molecular weight is 426 g/mol. The number of sulfonamides is 1. The van der Waals surface area contributed by atoms with Gasteiger partial charge in [0.1, 0.15) is 11.5 Å². The van der Waals surface area contributed by atoms with Gasteiger partial charge in [0, 0.05) is 0 Å². The van der Waals surface area contributed by atoms with Crippen molar-refractivity contribution >= 4 is 10.0 Å². The Labute approximate surface area is 178 Å². The summed E-state index contributed by atoms with van der Waals surface area (Å²) in [5.74, 6) is 1.48. The van der Waals surface area contributed by atoms with Crippen LogP contribution in [0.1, 0.15) is 28.3 Å². The summed E-state index contributed by atoms with van der Waals surface area (Å²) in [7, 11) is -0.493. The maximum absolute atomic E-state index is 13.2. The van der Waals surface area contributed by atoms with Gasteiger partial charge in [-0.2, -0.15) is 0 Å². The highest BCUT2D eigenvalue weighted by atomic mass is 32.2. The SMILES string of the molecule is COc1ccc(CC(NS(=O)(=O)c2cc(C)ccc2C)c2ccc(OC)cc2)cc1. The maximum Gasteiger partial charge on any atom is 0.241 e. The minimum absolute atomic E-state index is 0.302. The number of nitrogens with one attached hydrogen (secondary N) is 1. The van der Waals surface area contributed by atoms with Crippen molar-refractivity contribution in [1.82, 2.24) is 4.72 Å². The fourth-order valence-corrected chi connectivity index (χ4v) is 4.86. The zero-order valence-electron chi connectivity index (χ0n) is 17.7. The van der Waals surface area contributed by atoms with E-state index in [0.717, 1.165) is 28.2 Å². The number of hydrogen-bond donors (Lipinski definition) is 1. The van der Waals surface area contributed by atoms with Gasteiger partial charge in [0.2, 0.25) is 10.0 Å². The van der Waals surface area contributed by atoms with E-state index >= 15 is 0 Å². The van der Waals surface area contributed by atoms with Crippen LogP contribution in [0.3, 0.4) is 0 Å². The molecular formula is C24H27NO4S. The monoisotopic (exact) mass is 425 g/mol. The van der Waals surface area contributed by atoms with Crippen LogP contribution in [0.4, 0.5) is 0 Å².